The number of rotatable bonds is 9. The molecule has 1 N–H and O–H groups in total. The minimum absolute atomic E-state index is 0.00267. The first-order chi connectivity index (χ1) is 15.6. The summed E-state index contributed by atoms with van der Waals surface area (Å²) in [6.45, 7) is 12.8. The Labute approximate surface area is 197 Å². The summed E-state index contributed by atoms with van der Waals surface area (Å²) in [6.07, 6.45) is 9.88. The smallest absolute Gasteiger partial charge is 0.341 e. The second-order valence-electron chi connectivity index (χ2n) is 9.22. The average Bonchev–Trinajstić information content (AvgIpc) is 2.79. The number of hydrogen-bond acceptors (Lipinski definition) is 4. The van der Waals surface area contributed by atoms with Gasteiger partial charge >= 0.3 is 5.97 Å². The Hall–Kier alpha value is -2.89. The van der Waals surface area contributed by atoms with Gasteiger partial charge in [0.05, 0.1) is 7.11 Å². The Morgan fingerprint density at radius 3 is 2.39 bits per heavy atom. The van der Waals surface area contributed by atoms with Crippen LogP contribution in [-0.2, 0) is 4.74 Å². The summed E-state index contributed by atoms with van der Waals surface area (Å²) >= 11 is 0. The Kier molecular flexibility index (Phi) is 8.64. The summed E-state index contributed by atoms with van der Waals surface area (Å²) in [5, 5.41) is 9.71. The average molecular weight is 455 g/mol. The van der Waals surface area contributed by atoms with Crippen LogP contribution in [0.25, 0.3) is 5.57 Å². The summed E-state index contributed by atoms with van der Waals surface area (Å²) in [7, 11) is 3.34. The molecule has 33 heavy (non-hydrogen) atoms. The van der Waals surface area contributed by atoms with E-state index in [1.54, 1.807) is 14.2 Å². The molecule has 0 saturated heterocycles. The first-order valence-electron chi connectivity index (χ1n) is 11.7. The molecule has 0 amide bonds. The van der Waals surface area contributed by atoms with E-state index in [0.717, 1.165) is 41.8 Å². The van der Waals surface area contributed by atoms with Gasteiger partial charge in [0, 0.05) is 36.6 Å². The van der Waals surface area contributed by atoms with Crippen LogP contribution in [0.5, 0.6) is 0 Å². The van der Waals surface area contributed by atoms with Crippen LogP contribution in [0, 0.1) is 11.3 Å². The highest BCUT2D eigenvalue weighted by molar-refractivity contribution is 6.18. The van der Waals surface area contributed by atoms with Crippen LogP contribution >= 0.6 is 0 Å². The van der Waals surface area contributed by atoms with Crippen LogP contribution in [0.2, 0.25) is 0 Å². The summed E-state index contributed by atoms with van der Waals surface area (Å²) < 4.78 is 7.59. The lowest BCUT2D eigenvalue weighted by Crippen LogP contribution is -2.31. The standard InChI is InChI=1S/C27H38N2O4/c1-9-17(4)24(18-13-12-14-22(33-8)25(18)28-7)20-15-21(30)19(26(31)32)16-29(20)23(10-2)27(5,6)11-3/h12-17,23H,9-11H2,1-8H3,(H,31,32)/b24-18+,28-25?. The van der Waals surface area contributed by atoms with Crippen LogP contribution in [0.4, 0.5) is 0 Å². The van der Waals surface area contributed by atoms with Crippen molar-refractivity contribution in [2.75, 3.05) is 14.2 Å². The Balaban J connectivity index is 3.03. The lowest BCUT2D eigenvalue weighted by molar-refractivity contribution is 0.0693. The van der Waals surface area contributed by atoms with Gasteiger partial charge in [-0.15, -0.1) is 0 Å². The van der Waals surface area contributed by atoms with E-state index in [1.807, 2.05) is 22.8 Å². The number of carbonyl (C=O) groups is 1. The predicted octanol–water partition coefficient (Wildman–Crippen LogP) is 5.90. The second-order valence-corrected chi connectivity index (χ2v) is 9.22. The number of ether oxygens (including phenoxy) is 1. The van der Waals surface area contributed by atoms with Crippen molar-refractivity contribution < 1.29 is 14.6 Å². The monoisotopic (exact) mass is 454 g/mol. The molecule has 0 bridgehead atoms. The van der Waals surface area contributed by atoms with Gasteiger partial charge in [-0.2, -0.15) is 0 Å². The molecule has 0 fully saturated rings. The first-order valence-corrected chi connectivity index (χ1v) is 11.7. The zero-order valence-electron chi connectivity index (χ0n) is 21.2. The molecular formula is C27H38N2O4. The molecule has 1 aliphatic carbocycles. The van der Waals surface area contributed by atoms with Gasteiger partial charge in [0.15, 0.2) is 5.43 Å². The van der Waals surface area contributed by atoms with Crippen molar-refractivity contribution in [2.24, 2.45) is 16.3 Å². The zero-order chi connectivity index (χ0) is 24.9. The maximum atomic E-state index is 12.9. The van der Waals surface area contributed by atoms with E-state index in [4.69, 9.17) is 4.74 Å². The second kappa shape index (κ2) is 10.8. The molecule has 2 rings (SSSR count). The van der Waals surface area contributed by atoms with E-state index in [9.17, 15) is 14.7 Å². The number of allylic oxidation sites excluding steroid dienone is 5. The molecule has 6 heteroatoms. The fourth-order valence-corrected chi connectivity index (χ4v) is 4.54. The molecule has 1 aromatic rings. The van der Waals surface area contributed by atoms with Crippen LogP contribution in [-0.4, -0.2) is 35.5 Å². The molecule has 0 aromatic carbocycles. The SMILES string of the molecule is CCC(C)/C(=C1/C=CC=C(OC)C1=NC)c1cc(=O)c(C(=O)O)cn1C(CC)C(C)(C)CC. The van der Waals surface area contributed by atoms with Gasteiger partial charge in [0.25, 0.3) is 0 Å². The molecule has 0 saturated carbocycles. The number of carboxylic acids is 1. The van der Waals surface area contributed by atoms with Crippen molar-refractivity contribution in [2.45, 2.75) is 66.8 Å². The largest absolute Gasteiger partial charge is 0.494 e. The van der Waals surface area contributed by atoms with Gasteiger partial charge in [-0.25, -0.2) is 4.79 Å². The zero-order valence-corrected chi connectivity index (χ0v) is 21.2. The summed E-state index contributed by atoms with van der Waals surface area (Å²) in [4.78, 5) is 29.3. The van der Waals surface area contributed by atoms with Crippen LogP contribution in [0.15, 0.2) is 51.6 Å². The normalized spacial score (nSPS) is 18.7. The molecule has 6 nitrogen and oxygen atoms in total. The lowest BCUT2D eigenvalue weighted by atomic mass is 9.79. The summed E-state index contributed by atoms with van der Waals surface area (Å²) in [5.74, 6) is -0.450. The molecule has 0 spiro atoms. The van der Waals surface area contributed by atoms with E-state index in [1.165, 1.54) is 12.3 Å². The van der Waals surface area contributed by atoms with Gasteiger partial charge in [0.1, 0.15) is 17.0 Å². The number of hydrogen-bond donors (Lipinski definition) is 1. The summed E-state index contributed by atoms with van der Waals surface area (Å²) in [5.41, 5.74) is 2.52. The number of pyridine rings is 1. The maximum absolute atomic E-state index is 12.9. The molecule has 180 valence electrons. The first kappa shape index (κ1) is 26.4. The Bertz CT molecular complexity index is 1070. The highest BCUT2D eigenvalue weighted by Crippen LogP contribution is 2.41. The van der Waals surface area contributed by atoms with Gasteiger partial charge in [-0.3, -0.25) is 9.79 Å². The third-order valence-electron chi connectivity index (χ3n) is 6.96. The number of aliphatic imine (C=N–C) groups is 1. The van der Waals surface area contributed by atoms with E-state index in [2.05, 4.69) is 46.5 Å². The van der Waals surface area contributed by atoms with Gasteiger partial charge in [-0.05, 0) is 42.2 Å². The highest BCUT2D eigenvalue weighted by Gasteiger charge is 2.32. The van der Waals surface area contributed by atoms with Crippen LogP contribution < -0.4 is 5.43 Å². The molecule has 2 unspecified atom stereocenters. The minimum atomic E-state index is -1.21. The van der Waals surface area contributed by atoms with Crippen molar-refractivity contribution in [3.8, 4) is 0 Å². The predicted molar refractivity (Wildman–Crippen MR) is 135 cm³/mol. The van der Waals surface area contributed by atoms with Crippen LogP contribution in [0.3, 0.4) is 0 Å². The minimum Gasteiger partial charge on any atom is -0.494 e. The molecule has 1 heterocycles. The van der Waals surface area contributed by atoms with E-state index >= 15 is 0 Å². The molecule has 2 atom stereocenters. The summed E-state index contributed by atoms with van der Waals surface area (Å²) in [6, 6.07) is 1.50. The third kappa shape index (κ3) is 5.21. The fourth-order valence-electron chi connectivity index (χ4n) is 4.54. The van der Waals surface area contributed by atoms with E-state index < -0.39 is 11.4 Å². The molecule has 1 aromatic heterocycles. The number of aromatic carboxylic acids is 1. The molecule has 1 aliphatic rings. The van der Waals surface area contributed by atoms with Crippen molar-refractivity contribution >= 4 is 17.3 Å². The van der Waals surface area contributed by atoms with Crippen molar-refractivity contribution in [1.29, 1.82) is 0 Å². The Morgan fingerprint density at radius 2 is 1.91 bits per heavy atom. The molecular weight excluding hydrogens is 416 g/mol. The number of aromatic nitrogens is 1. The van der Waals surface area contributed by atoms with Crippen molar-refractivity contribution in [1.82, 2.24) is 4.57 Å². The molecule has 0 aliphatic heterocycles. The fraction of sp³-hybridized carbons (Fsp3) is 0.519. The van der Waals surface area contributed by atoms with Gasteiger partial charge < -0.3 is 14.4 Å². The topological polar surface area (TPSA) is 80.9 Å². The number of methoxy groups -OCH3 is 1. The number of carboxylic acid groups (broad SMARTS) is 1. The lowest BCUT2D eigenvalue weighted by Gasteiger charge is -2.38. The van der Waals surface area contributed by atoms with E-state index in [0.29, 0.717) is 5.76 Å². The van der Waals surface area contributed by atoms with Gasteiger partial charge in [0.2, 0.25) is 0 Å². The van der Waals surface area contributed by atoms with Gasteiger partial charge in [-0.1, -0.05) is 53.7 Å². The van der Waals surface area contributed by atoms with Crippen LogP contribution in [0.1, 0.15) is 82.9 Å². The third-order valence-corrected chi connectivity index (χ3v) is 6.96. The highest BCUT2D eigenvalue weighted by atomic mass is 16.5. The molecule has 0 radical (unpaired) electrons. The quantitative estimate of drug-likeness (QED) is 0.503. The van der Waals surface area contributed by atoms with E-state index in [-0.39, 0.29) is 22.9 Å². The number of nitrogens with zero attached hydrogens (tertiary/aromatic N) is 2. The Morgan fingerprint density at radius 1 is 1.24 bits per heavy atom. The maximum Gasteiger partial charge on any atom is 0.341 e. The van der Waals surface area contributed by atoms with Crippen molar-refractivity contribution in [3.05, 3.63) is 63.3 Å². The van der Waals surface area contributed by atoms with Crippen molar-refractivity contribution in [3.63, 3.8) is 0 Å².